The van der Waals surface area contributed by atoms with Crippen molar-refractivity contribution in [2.24, 2.45) is 0 Å². The number of benzene rings is 2. The summed E-state index contributed by atoms with van der Waals surface area (Å²) in [6.07, 6.45) is 0. The number of nitriles is 1. The maximum atomic E-state index is 12.1. The number of ether oxygens (including phenoxy) is 1. The van der Waals surface area contributed by atoms with Crippen LogP contribution in [0.1, 0.15) is 11.1 Å². The van der Waals surface area contributed by atoms with Gasteiger partial charge in [-0.1, -0.05) is 18.2 Å². The van der Waals surface area contributed by atoms with Crippen molar-refractivity contribution in [1.29, 1.82) is 5.26 Å². The Hall–Kier alpha value is -2.36. The van der Waals surface area contributed by atoms with Crippen LogP contribution in [-0.2, 0) is 16.6 Å². The normalized spacial score (nSPS) is 11.2. The Morgan fingerprint density at radius 1 is 1.14 bits per heavy atom. The van der Waals surface area contributed by atoms with E-state index in [1.807, 2.05) is 6.07 Å². The Bertz CT molecular complexity index is 808. The Balaban J connectivity index is 2.16. The van der Waals surface area contributed by atoms with E-state index in [0.717, 1.165) is 5.56 Å². The fourth-order valence-corrected chi connectivity index (χ4v) is 2.80. The van der Waals surface area contributed by atoms with E-state index >= 15 is 0 Å². The van der Waals surface area contributed by atoms with Gasteiger partial charge in [0, 0.05) is 14.1 Å². The molecule has 0 heterocycles. The third-order valence-corrected chi connectivity index (χ3v) is 4.86. The van der Waals surface area contributed by atoms with Crippen molar-refractivity contribution in [2.45, 2.75) is 11.5 Å². The SMILES string of the molecule is CN(C)S(=O)(=O)c1cccc(COc2cccc(C#N)c2)c1. The largest absolute Gasteiger partial charge is 0.489 e. The van der Waals surface area contributed by atoms with Gasteiger partial charge in [0.15, 0.2) is 0 Å². The Morgan fingerprint density at radius 2 is 1.86 bits per heavy atom. The Morgan fingerprint density at radius 3 is 2.55 bits per heavy atom. The van der Waals surface area contributed by atoms with Gasteiger partial charge in [-0.3, -0.25) is 0 Å². The highest BCUT2D eigenvalue weighted by molar-refractivity contribution is 7.89. The van der Waals surface area contributed by atoms with Gasteiger partial charge in [-0.25, -0.2) is 12.7 Å². The smallest absolute Gasteiger partial charge is 0.242 e. The molecule has 0 saturated carbocycles. The third kappa shape index (κ3) is 3.64. The molecule has 114 valence electrons. The lowest BCUT2D eigenvalue weighted by molar-refractivity contribution is 0.306. The lowest BCUT2D eigenvalue weighted by Crippen LogP contribution is -2.22. The molecule has 0 fully saturated rings. The first-order valence-electron chi connectivity index (χ1n) is 6.58. The molecule has 2 aromatic rings. The molecule has 22 heavy (non-hydrogen) atoms. The summed E-state index contributed by atoms with van der Waals surface area (Å²) < 4.78 is 31.0. The molecule has 6 heteroatoms. The molecule has 0 aromatic heterocycles. The predicted molar refractivity (Wildman–Crippen MR) is 82.8 cm³/mol. The Kier molecular flexibility index (Phi) is 4.81. The van der Waals surface area contributed by atoms with Gasteiger partial charge in [-0.2, -0.15) is 5.26 Å². The molecule has 0 radical (unpaired) electrons. The van der Waals surface area contributed by atoms with Gasteiger partial charge in [-0.15, -0.1) is 0 Å². The minimum Gasteiger partial charge on any atom is -0.489 e. The first kappa shape index (κ1) is 16.0. The quantitative estimate of drug-likeness (QED) is 0.849. The summed E-state index contributed by atoms with van der Waals surface area (Å²) in [6.45, 7) is 0.228. The van der Waals surface area contributed by atoms with E-state index in [2.05, 4.69) is 0 Å². The standard InChI is InChI=1S/C16H16N2O3S/c1-18(2)22(19,20)16-8-4-6-14(10-16)12-21-15-7-3-5-13(9-15)11-17/h3-10H,12H2,1-2H3. The maximum Gasteiger partial charge on any atom is 0.242 e. The van der Waals surface area contributed by atoms with Crippen molar-refractivity contribution in [3.63, 3.8) is 0 Å². The van der Waals surface area contributed by atoms with E-state index in [1.54, 1.807) is 48.5 Å². The zero-order chi connectivity index (χ0) is 16.2. The molecule has 2 rings (SSSR count). The zero-order valence-electron chi connectivity index (χ0n) is 12.4. The van der Waals surface area contributed by atoms with Crippen LogP contribution in [-0.4, -0.2) is 26.8 Å². The third-order valence-electron chi connectivity index (χ3n) is 3.05. The van der Waals surface area contributed by atoms with Crippen LogP contribution in [0.4, 0.5) is 0 Å². The molecular formula is C16H16N2O3S. The molecule has 0 aliphatic carbocycles. The van der Waals surface area contributed by atoms with Crippen LogP contribution < -0.4 is 4.74 Å². The number of nitrogens with zero attached hydrogens (tertiary/aromatic N) is 2. The summed E-state index contributed by atoms with van der Waals surface area (Å²) in [5, 5.41) is 8.85. The first-order chi connectivity index (χ1) is 10.4. The van der Waals surface area contributed by atoms with Crippen molar-refractivity contribution in [1.82, 2.24) is 4.31 Å². The van der Waals surface area contributed by atoms with E-state index in [4.69, 9.17) is 10.00 Å². The number of rotatable bonds is 5. The first-order valence-corrected chi connectivity index (χ1v) is 8.02. The molecule has 2 aromatic carbocycles. The maximum absolute atomic E-state index is 12.1. The average molecular weight is 316 g/mol. The van der Waals surface area contributed by atoms with Gasteiger partial charge in [-0.05, 0) is 35.9 Å². The number of hydrogen-bond donors (Lipinski definition) is 0. The van der Waals surface area contributed by atoms with Crippen LogP contribution >= 0.6 is 0 Å². The molecule has 0 saturated heterocycles. The molecule has 0 unspecified atom stereocenters. The highest BCUT2D eigenvalue weighted by atomic mass is 32.2. The molecule has 0 aliphatic rings. The second-order valence-electron chi connectivity index (χ2n) is 4.86. The van der Waals surface area contributed by atoms with Gasteiger partial charge < -0.3 is 4.74 Å². The molecule has 0 aliphatic heterocycles. The van der Waals surface area contributed by atoms with Crippen molar-refractivity contribution in [2.75, 3.05) is 14.1 Å². The van der Waals surface area contributed by atoms with E-state index < -0.39 is 10.0 Å². The molecule has 0 amide bonds. The second kappa shape index (κ2) is 6.60. The van der Waals surface area contributed by atoms with Crippen LogP contribution in [0.25, 0.3) is 0 Å². The summed E-state index contributed by atoms with van der Waals surface area (Å²) >= 11 is 0. The fraction of sp³-hybridized carbons (Fsp3) is 0.188. The van der Waals surface area contributed by atoms with Gasteiger partial charge in [0.25, 0.3) is 0 Å². The van der Waals surface area contributed by atoms with E-state index in [-0.39, 0.29) is 11.5 Å². The average Bonchev–Trinajstić information content (AvgIpc) is 2.53. The highest BCUT2D eigenvalue weighted by Crippen LogP contribution is 2.18. The summed E-state index contributed by atoms with van der Waals surface area (Å²) in [5.74, 6) is 0.569. The van der Waals surface area contributed by atoms with Gasteiger partial charge in [0.2, 0.25) is 10.0 Å². The minimum atomic E-state index is -3.46. The highest BCUT2D eigenvalue weighted by Gasteiger charge is 2.17. The number of hydrogen-bond acceptors (Lipinski definition) is 4. The molecule has 0 spiro atoms. The van der Waals surface area contributed by atoms with Crippen molar-refractivity contribution in [3.05, 3.63) is 59.7 Å². The lowest BCUT2D eigenvalue weighted by Gasteiger charge is -2.12. The van der Waals surface area contributed by atoms with Gasteiger partial charge in [0.1, 0.15) is 12.4 Å². The molecule has 0 bridgehead atoms. The monoisotopic (exact) mass is 316 g/mol. The topological polar surface area (TPSA) is 70.4 Å². The van der Waals surface area contributed by atoms with Crippen LogP contribution in [0.3, 0.4) is 0 Å². The fourth-order valence-electron chi connectivity index (χ4n) is 1.83. The van der Waals surface area contributed by atoms with E-state index in [9.17, 15) is 8.42 Å². The Labute approximate surface area is 130 Å². The van der Waals surface area contributed by atoms with Crippen molar-refractivity contribution < 1.29 is 13.2 Å². The van der Waals surface area contributed by atoms with Crippen LogP contribution in [0, 0.1) is 11.3 Å². The van der Waals surface area contributed by atoms with Crippen molar-refractivity contribution >= 4 is 10.0 Å². The van der Waals surface area contributed by atoms with Crippen LogP contribution in [0.2, 0.25) is 0 Å². The summed E-state index contributed by atoms with van der Waals surface area (Å²) in [4.78, 5) is 0.226. The predicted octanol–water partition coefficient (Wildman–Crippen LogP) is 2.39. The molecule has 5 nitrogen and oxygen atoms in total. The molecule has 0 N–H and O–H groups in total. The molecule has 0 atom stereocenters. The summed E-state index contributed by atoms with van der Waals surface area (Å²) in [5.41, 5.74) is 1.26. The van der Waals surface area contributed by atoms with Crippen molar-refractivity contribution in [3.8, 4) is 11.8 Å². The van der Waals surface area contributed by atoms with Gasteiger partial charge in [0.05, 0.1) is 16.5 Å². The van der Waals surface area contributed by atoms with E-state index in [0.29, 0.717) is 11.3 Å². The number of sulfonamides is 1. The lowest BCUT2D eigenvalue weighted by atomic mass is 10.2. The van der Waals surface area contributed by atoms with Gasteiger partial charge >= 0.3 is 0 Å². The summed E-state index contributed by atoms with van der Waals surface area (Å²) in [6, 6.07) is 15.5. The van der Waals surface area contributed by atoms with E-state index in [1.165, 1.54) is 18.4 Å². The zero-order valence-corrected chi connectivity index (χ0v) is 13.2. The summed E-state index contributed by atoms with van der Waals surface area (Å²) in [7, 11) is -0.474. The second-order valence-corrected chi connectivity index (χ2v) is 7.01. The minimum absolute atomic E-state index is 0.226. The van der Waals surface area contributed by atoms with Crippen LogP contribution in [0.15, 0.2) is 53.4 Å². The van der Waals surface area contributed by atoms with Crippen LogP contribution in [0.5, 0.6) is 5.75 Å². The molecular weight excluding hydrogens is 300 g/mol.